The number of nitrogens with zero attached hydrogens (tertiary/aromatic N) is 2. The Balaban J connectivity index is 1.94. The summed E-state index contributed by atoms with van der Waals surface area (Å²) in [6.45, 7) is 5.21. The lowest BCUT2D eigenvalue weighted by Crippen LogP contribution is -2.46. The predicted molar refractivity (Wildman–Crippen MR) is 91.8 cm³/mol. The molecule has 0 unspecified atom stereocenters. The number of hydrogen-bond acceptors (Lipinski definition) is 4. The van der Waals surface area contributed by atoms with Crippen molar-refractivity contribution in [2.75, 3.05) is 6.61 Å². The molecule has 0 atom stereocenters. The quantitative estimate of drug-likeness (QED) is 0.762. The molecule has 0 aliphatic rings. The molecule has 0 radical (unpaired) electrons. The van der Waals surface area contributed by atoms with Gasteiger partial charge >= 0.3 is 0 Å². The van der Waals surface area contributed by atoms with Crippen molar-refractivity contribution in [1.29, 1.82) is 0 Å². The van der Waals surface area contributed by atoms with Crippen molar-refractivity contribution < 1.29 is 14.3 Å². The summed E-state index contributed by atoms with van der Waals surface area (Å²) in [4.78, 5) is 18.2. The van der Waals surface area contributed by atoms with E-state index < -0.39 is 5.54 Å². The van der Waals surface area contributed by atoms with Crippen LogP contribution in [-0.4, -0.2) is 32.5 Å². The van der Waals surface area contributed by atoms with E-state index in [1.807, 2.05) is 17.5 Å². The molecular formula is C17H18FN3O2S. The van der Waals surface area contributed by atoms with Crippen LogP contribution in [0.1, 0.15) is 29.2 Å². The minimum absolute atomic E-state index is 0.144. The molecular weight excluding hydrogens is 329 g/mol. The molecule has 0 saturated heterocycles. The summed E-state index contributed by atoms with van der Waals surface area (Å²) in [5, 5.41) is 12.1. The van der Waals surface area contributed by atoms with Gasteiger partial charge in [-0.15, -0.1) is 0 Å². The molecule has 24 heavy (non-hydrogen) atoms. The van der Waals surface area contributed by atoms with Crippen molar-refractivity contribution >= 4 is 22.2 Å². The zero-order valence-electron chi connectivity index (χ0n) is 13.6. The molecule has 1 aromatic carbocycles. The lowest BCUT2D eigenvalue weighted by atomic mass is 10.1. The van der Waals surface area contributed by atoms with Crippen molar-refractivity contribution in [3.05, 3.63) is 46.9 Å². The van der Waals surface area contributed by atoms with Gasteiger partial charge in [-0.1, -0.05) is 11.3 Å². The van der Waals surface area contributed by atoms with Crippen LogP contribution in [0.2, 0.25) is 0 Å². The number of aliphatic hydroxyl groups is 1. The molecule has 2 aromatic heterocycles. The summed E-state index contributed by atoms with van der Waals surface area (Å²) in [6, 6.07) is 6.14. The van der Waals surface area contributed by atoms with E-state index >= 15 is 0 Å². The molecule has 0 aliphatic heterocycles. The minimum atomic E-state index is -0.686. The average molecular weight is 347 g/mol. The number of nitrogens with one attached hydrogen (secondary N) is 1. The van der Waals surface area contributed by atoms with Crippen molar-refractivity contribution in [2.45, 2.75) is 26.3 Å². The second-order valence-corrected chi connectivity index (χ2v) is 7.28. The zero-order chi connectivity index (χ0) is 17.5. The highest BCUT2D eigenvalue weighted by molar-refractivity contribution is 7.19. The van der Waals surface area contributed by atoms with Crippen LogP contribution in [0.15, 0.2) is 30.5 Å². The number of imidazole rings is 1. The van der Waals surface area contributed by atoms with Gasteiger partial charge < -0.3 is 10.4 Å². The number of fused-ring (bicyclic) bond motifs is 1. The van der Waals surface area contributed by atoms with Crippen molar-refractivity contribution in [3.63, 3.8) is 0 Å². The first kappa shape index (κ1) is 16.6. The Morgan fingerprint density at radius 2 is 2.04 bits per heavy atom. The van der Waals surface area contributed by atoms with Crippen molar-refractivity contribution in [2.24, 2.45) is 0 Å². The summed E-state index contributed by atoms with van der Waals surface area (Å²) in [5.41, 5.74) is 1.64. The van der Waals surface area contributed by atoms with Gasteiger partial charge in [-0.3, -0.25) is 9.20 Å². The number of hydrogen-bond donors (Lipinski definition) is 2. The standard InChI is InChI=1S/C17H18FN3O2S/c1-10-14(15(23)20-17(2,3)9-22)24-16-19-13(8-21(10)16)11-4-6-12(18)7-5-11/h4-8,22H,9H2,1-3H3,(H,20,23). The molecule has 2 N–H and O–H groups in total. The maximum Gasteiger partial charge on any atom is 0.263 e. The number of aromatic nitrogens is 2. The van der Waals surface area contributed by atoms with Gasteiger partial charge in [-0.05, 0) is 45.0 Å². The second-order valence-electron chi connectivity index (χ2n) is 6.30. The highest BCUT2D eigenvalue weighted by atomic mass is 32.1. The lowest BCUT2D eigenvalue weighted by Gasteiger charge is -2.23. The zero-order valence-corrected chi connectivity index (χ0v) is 14.4. The Kier molecular flexibility index (Phi) is 4.15. The molecule has 7 heteroatoms. The summed E-state index contributed by atoms with van der Waals surface area (Å²) < 4.78 is 14.9. The van der Waals surface area contributed by atoms with Gasteiger partial charge in [0.15, 0.2) is 4.96 Å². The van der Waals surface area contributed by atoms with Crippen LogP contribution >= 0.6 is 11.3 Å². The van der Waals surface area contributed by atoms with Crippen LogP contribution in [0, 0.1) is 12.7 Å². The summed E-state index contributed by atoms with van der Waals surface area (Å²) in [5.74, 6) is -0.521. The topological polar surface area (TPSA) is 66.6 Å². The van der Waals surface area contributed by atoms with Crippen LogP contribution in [0.5, 0.6) is 0 Å². The molecule has 0 saturated carbocycles. The number of amides is 1. The molecule has 3 aromatic rings. The fraction of sp³-hybridized carbons (Fsp3) is 0.294. The van der Waals surface area contributed by atoms with E-state index in [2.05, 4.69) is 10.3 Å². The SMILES string of the molecule is Cc1c(C(=O)NC(C)(C)CO)sc2nc(-c3ccc(F)cc3)cn12. The highest BCUT2D eigenvalue weighted by Crippen LogP contribution is 2.27. The third kappa shape index (κ3) is 3.05. The first-order valence-corrected chi connectivity index (χ1v) is 8.30. The first-order valence-electron chi connectivity index (χ1n) is 7.48. The molecule has 3 rings (SSSR count). The van der Waals surface area contributed by atoms with Crippen molar-refractivity contribution in [1.82, 2.24) is 14.7 Å². The highest BCUT2D eigenvalue weighted by Gasteiger charge is 2.24. The minimum Gasteiger partial charge on any atom is -0.394 e. The number of benzene rings is 1. The number of carbonyl (C=O) groups excluding carboxylic acids is 1. The summed E-state index contributed by atoms with van der Waals surface area (Å²) in [7, 11) is 0. The number of aliphatic hydroxyl groups excluding tert-OH is 1. The average Bonchev–Trinajstić information content (AvgIpc) is 3.08. The van der Waals surface area contributed by atoms with E-state index in [0.717, 1.165) is 17.0 Å². The van der Waals surface area contributed by atoms with Crippen molar-refractivity contribution in [3.8, 4) is 11.3 Å². The smallest absolute Gasteiger partial charge is 0.263 e. The Bertz CT molecular complexity index is 897. The van der Waals surface area contributed by atoms with E-state index in [4.69, 9.17) is 0 Å². The van der Waals surface area contributed by atoms with E-state index in [9.17, 15) is 14.3 Å². The largest absolute Gasteiger partial charge is 0.394 e. The predicted octanol–water partition coefficient (Wildman–Crippen LogP) is 3.01. The van der Waals surface area contributed by atoms with Gasteiger partial charge in [-0.25, -0.2) is 9.37 Å². The van der Waals surface area contributed by atoms with Crippen LogP contribution in [-0.2, 0) is 0 Å². The van der Waals surface area contributed by atoms with E-state index in [-0.39, 0.29) is 18.3 Å². The normalized spacial score (nSPS) is 11.9. The summed E-state index contributed by atoms with van der Waals surface area (Å²) in [6.07, 6.45) is 1.84. The Morgan fingerprint density at radius 3 is 2.62 bits per heavy atom. The Labute approximate surface area is 142 Å². The van der Waals surface area contributed by atoms with Gasteiger partial charge in [0.1, 0.15) is 10.7 Å². The van der Waals surface area contributed by atoms with Gasteiger partial charge in [0, 0.05) is 17.5 Å². The first-order chi connectivity index (χ1) is 11.3. The van der Waals surface area contributed by atoms with Gasteiger partial charge in [-0.2, -0.15) is 0 Å². The third-order valence-corrected chi connectivity index (χ3v) is 4.91. The molecule has 1 amide bonds. The number of rotatable bonds is 4. The lowest BCUT2D eigenvalue weighted by molar-refractivity contribution is 0.0872. The molecule has 0 bridgehead atoms. The van der Waals surface area contributed by atoms with Crippen LogP contribution < -0.4 is 5.32 Å². The fourth-order valence-electron chi connectivity index (χ4n) is 2.32. The Morgan fingerprint density at radius 1 is 1.38 bits per heavy atom. The number of carbonyl (C=O) groups is 1. The summed E-state index contributed by atoms with van der Waals surface area (Å²) >= 11 is 1.29. The Hall–Kier alpha value is -2.25. The molecule has 2 heterocycles. The number of aryl methyl sites for hydroxylation is 1. The molecule has 126 valence electrons. The van der Waals surface area contributed by atoms with E-state index in [1.165, 1.54) is 23.5 Å². The maximum absolute atomic E-state index is 13.0. The van der Waals surface area contributed by atoms with Gasteiger partial charge in [0.2, 0.25) is 0 Å². The van der Waals surface area contributed by atoms with Crippen LogP contribution in [0.3, 0.4) is 0 Å². The van der Waals surface area contributed by atoms with E-state index in [1.54, 1.807) is 26.0 Å². The third-order valence-electron chi connectivity index (χ3n) is 3.75. The van der Waals surface area contributed by atoms with Crippen LogP contribution in [0.4, 0.5) is 4.39 Å². The van der Waals surface area contributed by atoms with Gasteiger partial charge in [0.25, 0.3) is 5.91 Å². The van der Waals surface area contributed by atoms with Gasteiger partial charge in [0.05, 0.1) is 17.8 Å². The monoisotopic (exact) mass is 347 g/mol. The van der Waals surface area contributed by atoms with Crippen LogP contribution in [0.25, 0.3) is 16.2 Å². The maximum atomic E-state index is 13.0. The van der Waals surface area contributed by atoms with E-state index in [0.29, 0.717) is 9.84 Å². The fourth-order valence-corrected chi connectivity index (χ4v) is 3.33. The molecule has 0 fully saturated rings. The number of halogens is 1. The second kappa shape index (κ2) is 5.99. The molecule has 0 aliphatic carbocycles. The molecule has 0 spiro atoms. The molecule has 5 nitrogen and oxygen atoms in total. The number of thiazole rings is 1.